The number of hydrogen-bond donors (Lipinski definition) is 0. The van der Waals surface area contributed by atoms with Crippen molar-refractivity contribution in [3.8, 4) is 0 Å². The predicted octanol–water partition coefficient (Wildman–Crippen LogP) is 5.63. The summed E-state index contributed by atoms with van der Waals surface area (Å²) in [6, 6.07) is 11.7. The van der Waals surface area contributed by atoms with Gasteiger partial charge in [-0.15, -0.1) is 0 Å². The van der Waals surface area contributed by atoms with Crippen molar-refractivity contribution in [1.82, 2.24) is 0 Å². The van der Waals surface area contributed by atoms with Gasteiger partial charge in [0.2, 0.25) is 0 Å². The molecular weight excluding hydrogens is 309 g/mol. The Labute approximate surface area is 132 Å². The summed E-state index contributed by atoms with van der Waals surface area (Å²) in [6.07, 6.45) is 7.12. The largest absolute Gasteiger partial charge is 0.270 e. The Kier molecular flexibility index (Phi) is 5.14. The maximum absolute atomic E-state index is 10.7. The molecule has 2 aromatic carbocycles. The summed E-state index contributed by atoms with van der Waals surface area (Å²) in [5.41, 5.74) is 1.55. The topological polar surface area (TPSA) is 43.1 Å². The first-order chi connectivity index (χ1) is 10.1. The van der Waals surface area contributed by atoms with Gasteiger partial charge in [0, 0.05) is 27.7 Å². The van der Waals surface area contributed by atoms with Crippen LogP contribution in [0.25, 0.3) is 12.2 Å². The molecule has 0 amide bonds. The standard InChI is InChI=1S/C16H11Cl2NO2/c17-15-9-4-10-16(18)14(15)8-2-1-5-12-6-3-7-13(11-12)19(20)21/h1-11H. The van der Waals surface area contributed by atoms with Gasteiger partial charge in [0.15, 0.2) is 0 Å². The highest BCUT2D eigenvalue weighted by Gasteiger charge is 2.03. The van der Waals surface area contributed by atoms with Crippen LogP contribution in [0.1, 0.15) is 11.1 Å². The fraction of sp³-hybridized carbons (Fsp3) is 0. The van der Waals surface area contributed by atoms with Crippen molar-refractivity contribution >= 4 is 41.0 Å². The van der Waals surface area contributed by atoms with Gasteiger partial charge in [-0.05, 0) is 17.7 Å². The molecule has 5 heteroatoms. The number of nitro groups is 1. The van der Waals surface area contributed by atoms with Gasteiger partial charge in [-0.1, -0.05) is 65.7 Å². The lowest BCUT2D eigenvalue weighted by atomic mass is 10.1. The van der Waals surface area contributed by atoms with Gasteiger partial charge >= 0.3 is 0 Å². The van der Waals surface area contributed by atoms with Crippen LogP contribution in [0.5, 0.6) is 0 Å². The van der Waals surface area contributed by atoms with Crippen LogP contribution in [0.4, 0.5) is 5.69 Å². The van der Waals surface area contributed by atoms with Crippen molar-refractivity contribution in [3.05, 3.63) is 85.9 Å². The van der Waals surface area contributed by atoms with E-state index in [1.165, 1.54) is 12.1 Å². The minimum absolute atomic E-state index is 0.0651. The lowest BCUT2D eigenvalue weighted by Gasteiger charge is -1.99. The molecular formula is C16H11Cl2NO2. The van der Waals surface area contributed by atoms with E-state index >= 15 is 0 Å². The van der Waals surface area contributed by atoms with Crippen molar-refractivity contribution in [1.29, 1.82) is 0 Å². The predicted molar refractivity (Wildman–Crippen MR) is 87.6 cm³/mol. The molecule has 0 aliphatic carbocycles. The Morgan fingerprint density at radius 2 is 1.57 bits per heavy atom. The number of nitro benzene ring substituents is 1. The third-order valence-electron chi connectivity index (χ3n) is 2.74. The van der Waals surface area contributed by atoms with Gasteiger partial charge < -0.3 is 0 Å². The van der Waals surface area contributed by atoms with Gasteiger partial charge in [0.05, 0.1) is 4.92 Å². The van der Waals surface area contributed by atoms with Crippen molar-refractivity contribution in [3.63, 3.8) is 0 Å². The zero-order valence-electron chi connectivity index (χ0n) is 10.9. The van der Waals surface area contributed by atoms with Crippen molar-refractivity contribution in [2.45, 2.75) is 0 Å². The number of allylic oxidation sites excluding steroid dienone is 2. The second kappa shape index (κ2) is 7.07. The lowest BCUT2D eigenvalue weighted by molar-refractivity contribution is -0.384. The molecule has 0 saturated carbocycles. The van der Waals surface area contributed by atoms with E-state index in [0.717, 1.165) is 11.1 Å². The summed E-state index contributed by atoms with van der Waals surface area (Å²) >= 11 is 12.1. The van der Waals surface area contributed by atoms with Crippen LogP contribution in [0, 0.1) is 10.1 Å². The molecule has 0 fully saturated rings. The van der Waals surface area contributed by atoms with Crippen LogP contribution in [-0.2, 0) is 0 Å². The quantitative estimate of drug-likeness (QED) is 0.416. The molecule has 0 spiro atoms. The zero-order valence-corrected chi connectivity index (χ0v) is 12.4. The van der Waals surface area contributed by atoms with Crippen molar-refractivity contribution in [2.75, 3.05) is 0 Å². The lowest BCUT2D eigenvalue weighted by Crippen LogP contribution is -1.87. The van der Waals surface area contributed by atoms with E-state index in [0.29, 0.717) is 10.0 Å². The number of halogens is 2. The maximum atomic E-state index is 10.7. The molecule has 3 nitrogen and oxygen atoms in total. The molecule has 0 unspecified atom stereocenters. The van der Waals surface area contributed by atoms with Crippen molar-refractivity contribution < 1.29 is 4.92 Å². The smallest absolute Gasteiger partial charge is 0.258 e. The summed E-state index contributed by atoms with van der Waals surface area (Å²) in [6.45, 7) is 0. The number of rotatable bonds is 4. The first-order valence-corrected chi connectivity index (χ1v) is 6.87. The molecule has 106 valence electrons. The zero-order chi connectivity index (χ0) is 15.2. The monoisotopic (exact) mass is 319 g/mol. The summed E-state index contributed by atoms with van der Waals surface area (Å²) in [4.78, 5) is 10.3. The number of hydrogen-bond acceptors (Lipinski definition) is 2. The number of nitrogens with zero attached hydrogens (tertiary/aromatic N) is 1. The minimum Gasteiger partial charge on any atom is -0.258 e. The van der Waals surface area contributed by atoms with Crippen LogP contribution < -0.4 is 0 Å². The molecule has 0 radical (unpaired) electrons. The average Bonchev–Trinajstić information content (AvgIpc) is 2.46. The molecule has 0 saturated heterocycles. The molecule has 0 aromatic heterocycles. The molecule has 2 aromatic rings. The molecule has 0 aliphatic rings. The summed E-state index contributed by atoms with van der Waals surface area (Å²) in [5, 5.41) is 11.8. The first kappa shape index (κ1) is 15.3. The van der Waals surface area contributed by atoms with Crippen LogP contribution in [0.3, 0.4) is 0 Å². The second-order valence-electron chi connectivity index (χ2n) is 4.21. The van der Waals surface area contributed by atoms with Crippen LogP contribution in [0.15, 0.2) is 54.6 Å². The summed E-state index contributed by atoms with van der Waals surface area (Å²) < 4.78 is 0. The molecule has 0 bridgehead atoms. The van der Waals surface area contributed by atoms with E-state index in [4.69, 9.17) is 23.2 Å². The Morgan fingerprint density at radius 1 is 0.952 bits per heavy atom. The molecule has 0 N–H and O–H groups in total. The third-order valence-corrected chi connectivity index (χ3v) is 3.40. The Morgan fingerprint density at radius 3 is 2.24 bits per heavy atom. The Hall–Kier alpha value is -2.10. The molecule has 21 heavy (non-hydrogen) atoms. The molecule has 0 heterocycles. The molecule has 0 atom stereocenters. The van der Waals surface area contributed by atoms with E-state index in [1.54, 1.807) is 54.6 Å². The van der Waals surface area contributed by atoms with Crippen LogP contribution in [0.2, 0.25) is 10.0 Å². The summed E-state index contributed by atoms with van der Waals surface area (Å²) in [5.74, 6) is 0. The van der Waals surface area contributed by atoms with E-state index in [2.05, 4.69) is 0 Å². The van der Waals surface area contributed by atoms with Crippen LogP contribution >= 0.6 is 23.2 Å². The van der Waals surface area contributed by atoms with Crippen LogP contribution in [-0.4, -0.2) is 4.92 Å². The Bertz CT molecular complexity index is 704. The van der Waals surface area contributed by atoms with Gasteiger partial charge in [0.1, 0.15) is 0 Å². The fourth-order valence-corrected chi connectivity index (χ4v) is 2.25. The molecule has 0 aliphatic heterocycles. The minimum atomic E-state index is -0.420. The van der Waals surface area contributed by atoms with E-state index in [-0.39, 0.29) is 5.69 Å². The van der Waals surface area contributed by atoms with Gasteiger partial charge in [-0.25, -0.2) is 0 Å². The Balaban J connectivity index is 2.14. The highest BCUT2D eigenvalue weighted by atomic mass is 35.5. The first-order valence-electron chi connectivity index (χ1n) is 6.11. The van der Waals surface area contributed by atoms with Gasteiger partial charge in [0.25, 0.3) is 5.69 Å². The highest BCUT2D eigenvalue weighted by molar-refractivity contribution is 6.37. The molecule has 2 rings (SSSR count). The fourth-order valence-electron chi connectivity index (χ4n) is 1.73. The highest BCUT2D eigenvalue weighted by Crippen LogP contribution is 2.25. The third kappa shape index (κ3) is 4.18. The van der Waals surface area contributed by atoms with E-state index in [1.807, 2.05) is 0 Å². The summed E-state index contributed by atoms with van der Waals surface area (Å²) in [7, 11) is 0. The normalized spacial score (nSPS) is 11.3. The number of benzene rings is 2. The van der Waals surface area contributed by atoms with Gasteiger partial charge in [-0.3, -0.25) is 10.1 Å². The van der Waals surface area contributed by atoms with E-state index < -0.39 is 4.92 Å². The van der Waals surface area contributed by atoms with Gasteiger partial charge in [-0.2, -0.15) is 0 Å². The van der Waals surface area contributed by atoms with E-state index in [9.17, 15) is 10.1 Å². The number of non-ortho nitro benzene ring substituents is 1. The SMILES string of the molecule is O=[N+]([O-])c1cccc(C=CC=Cc2c(Cl)cccc2Cl)c1. The second-order valence-corrected chi connectivity index (χ2v) is 5.02. The maximum Gasteiger partial charge on any atom is 0.270 e. The average molecular weight is 320 g/mol. The van der Waals surface area contributed by atoms with Crippen molar-refractivity contribution in [2.24, 2.45) is 0 Å².